The van der Waals surface area contributed by atoms with E-state index in [1.165, 1.54) is 11.8 Å². The first-order chi connectivity index (χ1) is 17.2. The summed E-state index contributed by atoms with van der Waals surface area (Å²) in [5.41, 5.74) is 1.57. The lowest BCUT2D eigenvalue weighted by Gasteiger charge is -2.09. The van der Waals surface area contributed by atoms with Crippen LogP contribution in [-0.2, 0) is 11.8 Å². The number of para-hydroxylation sites is 1. The molecule has 3 aromatic carbocycles. The number of hydrogen-bond donors (Lipinski definition) is 1. The summed E-state index contributed by atoms with van der Waals surface area (Å²) in [5.74, 6) is 3.66. The second-order valence-corrected chi connectivity index (χ2v) is 8.80. The van der Waals surface area contributed by atoms with Gasteiger partial charge in [-0.2, -0.15) is 0 Å². The highest BCUT2D eigenvalue weighted by Gasteiger charge is 2.17. The fourth-order valence-electron chi connectivity index (χ4n) is 3.55. The Hall–Kier alpha value is -3.98. The van der Waals surface area contributed by atoms with Crippen LogP contribution in [0.3, 0.4) is 0 Å². The third-order valence-corrected chi connectivity index (χ3v) is 6.31. The average molecular weight is 489 g/mol. The molecule has 0 fully saturated rings. The van der Waals surface area contributed by atoms with Crippen molar-refractivity contribution in [2.45, 2.75) is 11.6 Å². The Morgan fingerprint density at radius 3 is 2.51 bits per heavy atom. The van der Waals surface area contributed by atoms with Gasteiger partial charge >= 0.3 is 0 Å². The minimum Gasteiger partial charge on any atom is -0.490 e. The Kier molecular flexibility index (Phi) is 6.85. The molecule has 0 spiro atoms. The van der Waals surface area contributed by atoms with Gasteiger partial charge in [0, 0.05) is 24.7 Å². The molecule has 0 aliphatic carbocycles. The van der Waals surface area contributed by atoms with Crippen LogP contribution in [0.5, 0.6) is 23.0 Å². The molecule has 0 atom stereocenters. The minimum atomic E-state index is -0.133. The molecule has 178 valence electrons. The summed E-state index contributed by atoms with van der Waals surface area (Å²) in [4.78, 5) is 12.5. The molecule has 4 aromatic rings. The Bertz CT molecular complexity index is 1310. The number of aromatic nitrogens is 3. The zero-order valence-corrected chi connectivity index (χ0v) is 20.0. The molecule has 1 amide bonds. The van der Waals surface area contributed by atoms with Crippen molar-refractivity contribution in [1.82, 2.24) is 14.8 Å². The smallest absolute Gasteiger partial charge is 0.234 e. The number of hydrogen-bond acceptors (Lipinski definition) is 7. The molecule has 9 heteroatoms. The summed E-state index contributed by atoms with van der Waals surface area (Å²) < 4.78 is 19.1. The van der Waals surface area contributed by atoms with E-state index < -0.39 is 0 Å². The van der Waals surface area contributed by atoms with E-state index in [1.54, 1.807) is 0 Å². The van der Waals surface area contributed by atoms with Crippen LogP contribution < -0.4 is 19.5 Å². The number of ether oxygens (including phenoxy) is 3. The lowest BCUT2D eigenvalue weighted by atomic mass is 10.2. The summed E-state index contributed by atoms with van der Waals surface area (Å²) in [5, 5.41) is 12.1. The van der Waals surface area contributed by atoms with Crippen LogP contribution >= 0.6 is 11.8 Å². The fraction of sp³-hybridized carbons (Fsp3) is 0.192. The minimum absolute atomic E-state index is 0.133. The Morgan fingerprint density at radius 1 is 0.971 bits per heavy atom. The maximum Gasteiger partial charge on any atom is 0.234 e. The molecule has 0 saturated carbocycles. The van der Waals surface area contributed by atoms with Gasteiger partial charge in [0.1, 0.15) is 11.5 Å². The molecule has 2 heterocycles. The number of carbonyl (C=O) groups is 1. The lowest BCUT2D eigenvalue weighted by Crippen LogP contribution is -2.14. The van der Waals surface area contributed by atoms with Crippen LogP contribution in [0.1, 0.15) is 6.42 Å². The highest BCUT2D eigenvalue weighted by molar-refractivity contribution is 7.99. The van der Waals surface area contributed by atoms with E-state index in [0.717, 1.165) is 23.5 Å². The summed E-state index contributed by atoms with van der Waals surface area (Å²) >= 11 is 1.32. The van der Waals surface area contributed by atoms with Crippen molar-refractivity contribution in [2.75, 3.05) is 24.3 Å². The molecule has 0 bridgehead atoms. The maximum absolute atomic E-state index is 12.5. The monoisotopic (exact) mass is 488 g/mol. The van der Waals surface area contributed by atoms with Gasteiger partial charge in [-0.1, -0.05) is 30.0 Å². The van der Waals surface area contributed by atoms with E-state index in [-0.39, 0.29) is 11.7 Å². The molecule has 1 aliphatic heterocycles. The van der Waals surface area contributed by atoms with Gasteiger partial charge in [0.2, 0.25) is 5.91 Å². The van der Waals surface area contributed by atoms with Crippen molar-refractivity contribution in [3.8, 4) is 34.4 Å². The zero-order valence-electron chi connectivity index (χ0n) is 19.1. The van der Waals surface area contributed by atoms with Crippen LogP contribution in [0.15, 0.2) is 78.0 Å². The Labute approximate surface area is 207 Å². The zero-order chi connectivity index (χ0) is 24.0. The van der Waals surface area contributed by atoms with Gasteiger partial charge in [0.15, 0.2) is 22.5 Å². The van der Waals surface area contributed by atoms with Crippen LogP contribution in [-0.4, -0.2) is 39.6 Å². The standard InChI is InChI=1S/C26H24N4O4S/c1-30-25(18-8-13-22-23(16-18)33-15-5-14-32-22)28-29-26(30)35-17-24(31)27-19-9-11-21(12-10-19)34-20-6-3-2-4-7-20/h2-4,6-13,16H,5,14-15,17H2,1H3,(H,27,31). The highest BCUT2D eigenvalue weighted by atomic mass is 32.2. The lowest BCUT2D eigenvalue weighted by molar-refractivity contribution is -0.113. The summed E-state index contributed by atoms with van der Waals surface area (Å²) in [6.45, 7) is 1.26. The third kappa shape index (κ3) is 5.58. The third-order valence-electron chi connectivity index (χ3n) is 5.29. The first-order valence-electron chi connectivity index (χ1n) is 11.2. The molecular formula is C26H24N4O4S. The quantitative estimate of drug-likeness (QED) is 0.359. The van der Waals surface area contributed by atoms with Crippen LogP contribution in [0.25, 0.3) is 11.4 Å². The van der Waals surface area contributed by atoms with Gasteiger partial charge in [-0.3, -0.25) is 4.79 Å². The Morgan fingerprint density at radius 2 is 1.71 bits per heavy atom. The number of fused-ring (bicyclic) bond motifs is 1. The number of rotatable bonds is 7. The molecule has 0 saturated heterocycles. The highest BCUT2D eigenvalue weighted by Crippen LogP contribution is 2.34. The summed E-state index contributed by atoms with van der Waals surface area (Å²) in [7, 11) is 1.88. The van der Waals surface area contributed by atoms with Gasteiger partial charge in [0.25, 0.3) is 0 Å². The SMILES string of the molecule is Cn1c(SCC(=O)Nc2ccc(Oc3ccccc3)cc2)nnc1-c1ccc2c(c1)OCCCO2. The molecule has 0 unspecified atom stereocenters. The molecule has 8 nitrogen and oxygen atoms in total. The van der Waals surface area contributed by atoms with Crippen LogP contribution in [0.2, 0.25) is 0 Å². The van der Waals surface area contributed by atoms with Crippen molar-refractivity contribution in [1.29, 1.82) is 0 Å². The van der Waals surface area contributed by atoms with E-state index in [4.69, 9.17) is 14.2 Å². The maximum atomic E-state index is 12.5. The number of nitrogens with one attached hydrogen (secondary N) is 1. The summed E-state index contributed by atoms with van der Waals surface area (Å²) in [6.07, 6.45) is 0.850. The predicted octanol–water partition coefficient (Wildman–Crippen LogP) is 5.17. The molecule has 1 aromatic heterocycles. The van der Waals surface area contributed by atoms with E-state index in [0.29, 0.717) is 41.4 Å². The van der Waals surface area contributed by atoms with E-state index >= 15 is 0 Å². The predicted molar refractivity (Wildman–Crippen MR) is 134 cm³/mol. The van der Waals surface area contributed by atoms with Gasteiger partial charge in [0.05, 0.1) is 19.0 Å². The van der Waals surface area contributed by atoms with Crippen molar-refractivity contribution < 1.29 is 19.0 Å². The number of carbonyl (C=O) groups excluding carboxylic acids is 1. The van der Waals surface area contributed by atoms with E-state index in [1.807, 2.05) is 84.4 Å². The second kappa shape index (κ2) is 10.5. The van der Waals surface area contributed by atoms with Crippen molar-refractivity contribution >= 4 is 23.4 Å². The first kappa shape index (κ1) is 22.8. The second-order valence-electron chi connectivity index (χ2n) is 7.85. The van der Waals surface area contributed by atoms with Gasteiger partial charge < -0.3 is 24.1 Å². The normalized spacial score (nSPS) is 12.6. The number of benzene rings is 3. The van der Waals surface area contributed by atoms with Crippen LogP contribution in [0, 0.1) is 0 Å². The fourth-order valence-corrected chi connectivity index (χ4v) is 4.26. The number of anilines is 1. The van der Waals surface area contributed by atoms with Crippen molar-refractivity contribution in [3.63, 3.8) is 0 Å². The molecule has 0 radical (unpaired) electrons. The Balaban J connectivity index is 1.17. The molecular weight excluding hydrogens is 464 g/mol. The molecule has 1 N–H and O–H groups in total. The van der Waals surface area contributed by atoms with Gasteiger partial charge in [-0.15, -0.1) is 10.2 Å². The molecule has 35 heavy (non-hydrogen) atoms. The van der Waals surface area contributed by atoms with Crippen LogP contribution in [0.4, 0.5) is 5.69 Å². The van der Waals surface area contributed by atoms with Gasteiger partial charge in [-0.05, 0) is 54.6 Å². The topological polar surface area (TPSA) is 87.5 Å². The van der Waals surface area contributed by atoms with Crippen molar-refractivity contribution in [2.24, 2.45) is 7.05 Å². The number of nitrogens with zero attached hydrogens (tertiary/aromatic N) is 3. The molecule has 5 rings (SSSR count). The number of thioether (sulfide) groups is 1. The average Bonchev–Trinajstić information content (AvgIpc) is 3.08. The largest absolute Gasteiger partial charge is 0.490 e. The number of amides is 1. The van der Waals surface area contributed by atoms with Crippen molar-refractivity contribution in [3.05, 3.63) is 72.8 Å². The summed E-state index contributed by atoms with van der Waals surface area (Å²) in [6, 6.07) is 22.5. The molecule has 1 aliphatic rings. The van der Waals surface area contributed by atoms with E-state index in [2.05, 4.69) is 15.5 Å². The first-order valence-corrected chi connectivity index (χ1v) is 12.2. The van der Waals surface area contributed by atoms with E-state index in [9.17, 15) is 4.79 Å². The van der Waals surface area contributed by atoms with Gasteiger partial charge in [-0.25, -0.2) is 0 Å².